The average molecular weight is 335 g/mol. The van der Waals surface area contributed by atoms with Gasteiger partial charge in [0, 0.05) is 17.3 Å². The predicted octanol–water partition coefficient (Wildman–Crippen LogP) is 4.58. The van der Waals surface area contributed by atoms with Crippen LogP contribution in [0.1, 0.15) is 32.0 Å². The van der Waals surface area contributed by atoms with Gasteiger partial charge in [-0.05, 0) is 32.9 Å². The third-order valence-electron chi connectivity index (χ3n) is 2.76. The van der Waals surface area contributed by atoms with Crippen LogP contribution in [0.25, 0.3) is 11.0 Å². The van der Waals surface area contributed by atoms with Gasteiger partial charge in [-0.25, -0.2) is 14.3 Å². The molecule has 120 valence electrons. The van der Waals surface area contributed by atoms with Gasteiger partial charge in [0.25, 0.3) is 0 Å². The lowest BCUT2D eigenvalue weighted by Gasteiger charge is -2.20. The van der Waals surface area contributed by atoms with E-state index in [1.54, 1.807) is 20.8 Å². The van der Waals surface area contributed by atoms with Crippen LogP contribution in [0.3, 0.4) is 0 Å². The SMILES string of the molecule is CC(C)(C)OC(=O)n1c(CCl)cc2cc(C(F)(F)F)cnc21. The zero-order valence-corrected chi connectivity index (χ0v) is 12.9. The quantitative estimate of drug-likeness (QED) is 0.717. The van der Waals surface area contributed by atoms with Gasteiger partial charge in [-0.1, -0.05) is 0 Å². The predicted molar refractivity (Wildman–Crippen MR) is 75.9 cm³/mol. The normalized spacial score (nSPS) is 12.7. The number of fused-ring (bicyclic) bond motifs is 1. The van der Waals surface area contributed by atoms with Gasteiger partial charge >= 0.3 is 12.3 Å². The molecule has 2 rings (SSSR count). The Kier molecular flexibility index (Phi) is 4.12. The second-order valence-corrected chi connectivity index (χ2v) is 5.99. The zero-order valence-electron chi connectivity index (χ0n) is 12.2. The first-order valence-electron chi connectivity index (χ1n) is 6.40. The summed E-state index contributed by atoms with van der Waals surface area (Å²) in [5.74, 6) is -0.0586. The van der Waals surface area contributed by atoms with E-state index in [0.717, 1.165) is 10.6 Å². The number of ether oxygens (including phenoxy) is 1. The molecule has 0 saturated carbocycles. The highest BCUT2D eigenvalue weighted by Crippen LogP contribution is 2.31. The number of carbonyl (C=O) groups is 1. The number of rotatable bonds is 1. The lowest BCUT2D eigenvalue weighted by molar-refractivity contribution is -0.137. The van der Waals surface area contributed by atoms with Gasteiger partial charge in [-0.2, -0.15) is 13.2 Å². The highest BCUT2D eigenvalue weighted by molar-refractivity contribution is 6.17. The summed E-state index contributed by atoms with van der Waals surface area (Å²) in [4.78, 5) is 16.0. The Morgan fingerprint density at radius 1 is 1.32 bits per heavy atom. The first-order valence-corrected chi connectivity index (χ1v) is 6.93. The third-order valence-corrected chi connectivity index (χ3v) is 3.03. The van der Waals surface area contributed by atoms with Crippen LogP contribution in [0.5, 0.6) is 0 Å². The van der Waals surface area contributed by atoms with Crippen LogP contribution < -0.4 is 0 Å². The molecule has 0 aromatic carbocycles. The summed E-state index contributed by atoms with van der Waals surface area (Å²) in [6.07, 6.45) is -4.55. The molecular weight excluding hydrogens is 321 g/mol. The standard InChI is InChI=1S/C14H14ClF3N2O2/c1-13(2,3)22-12(21)20-10(6-15)5-8-4-9(14(16,17)18)7-19-11(8)20/h4-5,7H,6H2,1-3H3. The molecule has 2 aromatic heterocycles. The summed E-state index contributed by atoms with van der Waals surface area (Å²) in [6.45, 7) is 5.06. The Morgan fingerprint density at radius 3 is 2.45 bits per heavy atom. The van der Waals surface area contributed by atoms with Crippen LogP contribution in [-0.4, -0.2) is 21.2 Å². The van der Waals surface area contributed by atoms with Crippen molar-refractivity contribution in [3.63, 3.8) is 0 Å². The Balaban J connectivity index is 2.57. The van der Waals surface area contributed by atoms with Crippen molar-refractivity contribution in [3.8, 4) is 0 Å². The van der Waals surface area contributed by atoms with E-state index in [9.17, 15) is 18.0 Å². The molecule has 2 aromatic rings. The minimum Gasteiger partial charge on any atom is -0.443 e. The van der Waals surface area contributed by atoms with Crippen LogP contribution in [0.15, 0.2) is 18.3 Å². The van der Waals surface area contributed by atoms with Crippen molar-refractivity contribution < 1.29 is 22.7 Å². The highest BCUT2D eigenvalue weighted by Gasteiger charge is 2.32. The van der Waals surface area contributed by atoms with Crippen LogP contribution in [-0.2, 0) is 16.8 Å². The molecule has 8 heteroatoms. The molecule has 2 heterocycles. The van der Waals surface area contributed by atoms with Crippen LogP contribution in [0, 0.1) is 0 Å². The molecule has 0 spiro atoms. The number of alkyl halides is 4. The molecule has 0 atom stereocenters. The van der Waals surface area contributed by atoms with Crippen molar-refractivity contribution >= 4 is 28.7 Å². The fourth-order valence-electron chi connectivity index (χ4n) is 1.91. The van der Waals surface area contributed by atoms with Crippen LogP contribution in [0.4, 0.5) is 18.0 Å². The van der Waals surface area contributed by atoms with E-state index in [1.807, 2.05) is 0 Å². The maximum Gasteiger partial charge on any atom is 0.420 e. The van der Waals surface area contributed by atoms with Crippen molar-refractivity contribution in [1.29, 1.82) is 0 Å². The Hall–Kier alpha value is -1.76. The molecule has 0 unspecified atom stereocenters. The minimum atomic E-state index is -4.50. The van der Waals surface area contributed by atoms with E-state index < -0.39 is 23.4 Å². The van der Waals surface area contributed by atoms with Crippen LogP contribution in [0.2, 0.25) is 0 Å². The van der Waals surface area contributed by atoms with Crippen molar-refractivity contribution in [2.45, 2.75) is 38.4 Å². The molecular formula is C14H14ClF3N2O2. The molecule has 22 heavy (non-hydrogen) atoms. The van der Waals surface area contributed by atoms with E-state index in [0.29, 0.717) is 11.9 Å². The van der Waals surface area contributed by atoms with Gasteiger partial charge in [-0.3, -0.25) is 0 Å². The number of hydrogen-bond donors (Lipinski definition) is 0. The van der Waals surface area contributed by atoms with Gasteiger partial charge in [0.15, 0.2) is 0 Å². The van der Waals surface area contributed by atoms with Gasteiger partial charge in [0.2, 0.25) is 0 Å². The molecule has 0 aliphatic carbocycles. The Bertz CT molecular complexity index is 717. The van der Waals surface area contributed by atoms with Gasteiger partial charge < -0.3 is 4.74 Å². The van der Waals surface area contributed by atoms with Crippen molar-refractivity contribution in [1.82, 2.24) is 9.55 Å². The monoisotopic (exact) mass is 334 g/mol. The highest BCUT2D eigenvalue weighted by atomic mass is 35.5. The summed E-state index contributed by atoms with van der Waals surface area (Å²) in [5, 5.41) is 0.177. The fourth-order valence-corrected chi connectivity index (χ4v) is 2.11. The van der Waals surface area contributed by atoms with Crippen LogP contribution >= 0.6 is 11.6 Å². The molecule has 0 radical (unpaired) electrons. The first kappa shape index (κ1) is 16.6. The number of nitrogens with zero attached hydrogens (tertiary/aromatic N) is 2. The summed E-state index contributed by atoms with van der Waals surface area (Å²) in [7, 11) is 0. The van der Waals surface area contributed by atoms with Crippen molar-refractivity contribution in [3.05, 3.63) is 29.6 Å². The fraction of sp³-hybridized carbons (Fsp3) is 0.429. The molecule has 0 saturated heterocycles. The lowest BCUT2D eigenvalue weighted by atomic mass is 10.2. The van der Waals surface area contributed by atoms with E-state index in [2.05, 4.69) is 4.98 Å². The topological polar surface area (TPSA) is 44.1 Å². The lowest BCUT2D eigenvalue weighted by Crippen LogP contribution is -2.28. The van der Waals surface area contributed by atoms with E-state index in [1.165, 1.54) is 6.07 Å². The first-order chi connectivity index (χ1) is 10.0. The second kappa shape index (κ2) is 5.46. The molecule has 0 aliphatic heterocycles. The summed E-state index contributed by atoms with van der Waals surface area (Å²) in [6, 6.07) is 2.33. The average Bonchev–Trinajstić information content (AvgIpc) is 2.72. The maximum atomic E-state index is 12.7. The smallest absolute Gasteiger partial charge is 0.420 e. The Labute approximate surface area is 129 Å². The van der Waals surface area contributed by atoms with Gasteiger partial charge in [-0.15, -0.1) is 11.6 Å². The van der Waals surface area contributed by atoms with Crippen molar-refractivity contribution in [2.75, 3.05) is 0 Å². The second-order valence-electron chi connectivity index (χ2n) is 5.72. The number of hydrogen-bond acceptors (Lipinski definition) is 3. The molecule has 0 aliphatic rings. The number of carbonyl (C=O) groups excluding carboxylic acids is 1. The maximum absolute atomic E-state index is 12.7. The number of aromatic nitrogens is 2. The molecule has 0 amide bonds. The molecule has 4 nitrogen and oxygen atoms in total. The molecule has 0 bridgehead atoms. The summed E-state index contributed by atoms with van der Waals surface area (Å²) in [5.41, 5.74) is -1.23. The largest absolute Gasteiger partial charge is 0.443 e. The number of halogens is 4. The van der Waals surface area contributed by atoms with Gasteiger partial charge in [0.05, 0.1) is 11.4 Å². The van der Waals surface area contributed by atoms with Crippen molar-refractivity contribution in [2.24, 2.45) is 0 Å². The van der Waals surface area contributed by atoms with E-state index in [4.69, 9.17) is 16.3 Å². The van der Waals surface area contributed by atoms with E-state index >= 15 is 0 Å². The Morgan fingerprint density at radius 2 is 1.95 bits per heavy atom. The minimum absolute atomic E-state index is 0.0586. The molecule has 0 N–H and O–H groups in total. The summed E-state index contributed by atoms with van der Waals surface area (Å²) >= 11 is 5.77. The summed E-state index contributed by atoms with van der Waals surface area (Å²) < 4.78 is 44.5. The third kappa shape index (κ3) is 3.35. The van der Waals surface area contributed by atoms with E-state index in [-0.39, 0.29) is 16.9 Å². The number of pyridine rings is 1. The molecule has 0 fully saturated rings. The zero-order chi connectivity index (χ0) is 16.7. The van der Waals surface area contributed by atoms with Gasteiger partial charge in [0.1, 0.15) is 11.2 Å².